The zero-order chi connectivity index (χ0) is 10.1. The summed E-state index contributed by atoms with van der Waals surface area (Å²) in [5, 5.41) is 4.38. The van der Waals surface area contributed by atoms with Crippen molar-refractivity contribution in [3.8, 4) is 0 Å². The smallest absolute Gasteiger partial charge is 0.155 e. The predicted octanol–water partition coefficient (Wildman–Crippen LogP) is 0.927. The van der Waals surface area contributed by atoms with Crippen LogP contribution in [0, 0.1) is 6.92 Å². The molecular weight excluding hydrogens is 176 g/mol. The Kier molecular flexibility index (Phi) is 2.21. The number of aromatic nitrogens is 3. The van der Waals surface area contributed by atoms with Gasteiger partial charge < -0.3 is 5.73 Å². The summed E-state index contributed by atoms with van der Waals surface area (Å²) in [6.07, 6.45) is 0.723. The van der Waals surface area contributed by atoms with Crippen molar-refractivity contribution in [2.24, 2.45) is 5.73 Å². The Bertz CT molecular complexity index is 444. The average Bonchev–Trinajstić information content (AvgIpc) is 2.47. The van der Waals surface area contributed by atoms with E-state index in [0.717, 1.165) is 23.6 Å². The quantitative estimate of drug-likeness (QED) is 0.766. The normalized spacial score (nSPS) is 13.4. The maximum absolute atomic E-state index is 5.70. The molecule has 2 aromatic rings. The second-order valence-corrected chi connectivity index (χ2v) is 3.65. The molecule has 2 N–H and O–H groups in total. The Labute approximate surface area is 82.8 Å². The van der Waals surface area contributed by atoms with Gasteiger partial charge >= 0.3 is 0 Å². The zero-order valence-electron chi connectivity index (χ0n) is 8.44. The van der Waals surface area contributed by atoms with E-state index < -0.39 is 0 Å². The van der Waals surface area contributed by atoms with Crippen molar-refractivity contribution in [2.45, 2.75) is 26.3 Å². The molecule has 0 saturated carbocycles. The third-order valence-electron chi connectivity index (χ3n) is 2.10. The van der Waals surface area contributed by atoms with Crippen LogP contribution < -0.4 is 5.73 Å². The molecule has 0 aliphatic rings. The van der Waals surface area contributed by atoms with Gasteiger partial charge in [-0.15, -0.1) is 0 Å². The topological polar surface area (TPSA) is 56.2 Å². The zero-order valence-corrected chi connectivity index (χ0v) is 8.44. The van der Waals surface area contributed by atoms with Crippen LogP contribution in [0.2, 0.25) is 0 Å². The number of rotatable bonds is 2. The summed E-state index contributed by atoms with van der Waals surface area (Å²) in [6.45, 7) is 3.97. The van der Waals surface area contributed by atoms with E-state index in [1.807, 2.05) is 36.6 Å². The van der Waals surface area contributed by atoms with Gasteiger partial charge in [0.25, 0.3) is 0 Å². The molecule has 0 saturated heterocycles. The molecule has 0 aliphatic heterocycles. The van der Waals surface area contributed by atoms with Gasteiger partial charge in [-0.3, -0.25) is 0 Å². The standard InChI is InChI=1S/C10H14N4/c1-7(11)6-9-12-10-5-3-4-8(2)14(10)13-9/h3-5,7H,6,11H2,1-2H3. The first-order chi connectivity index (χ1) is 6.66. The van der Waals surface area contributed by atoms with Crippen molar-refractivity contribution in [1.82, 2.24) is 14.6 Å². The molecule has 0 radical (unpaired) electrons. The second kappa shape index (κ2) is 3.38. The highest BCUT2D eigenvalue weighted by Gasteiger charge is 2.06. The maximum atomic E-state index is 5.70. The van der Waals surface area contributed by atoms with Gasteiger partial charge in [0.2, 0.25) is 0 Å². The van der Waals surface area contributed by atoms with E-state index >= 15 is 0 Å². The van der Waals surface area contributed by atoms with Crippen LogP contribution >= 0.6 is 0 Å². The number of pyridine rings is 1. The average molecular weight is 190 g/mol. The van der Waals surface area contributed by atoms with E-state index in [-0.39, 0.29) is 6.04 Å². The van der Waals surface area contributed by atoms with Crippen molar-refractivity contribution in [2.75, 3.05) is 0 Å². The fourth-order valence-electron chi connectivity index (χ4n) is 1.45. The Morgan fingerprint density at radius 2 is 2.29 bits per heavy atom. The van der Waals surface area contributed by atoms with E-state index in [0.29, 0.717) is 0 Å². The van der Waals surface area contributed by atoms with Gasteiger partial charge in [-0.25, -0.2) is 9.50 Å². The predicted molar refractivity (Wildman–Crippen MR) is 55.1 cm³/mol. The molecule has 1 unspecified atom stereocenters. The highest BCUT2D eigenvalue weighted by Crippen LogP contribution is 2.05. The Morgan fingerprint density at radius 1 is 1.50 bits per heavy atom. The first-order valence-corrected chi connectivity index (χ1v) is 4.73. The Balaban J connectivity index is 2.46. The third-order valence-corrected chi connectivity index (χ3v) is 2.10. The van der Waals surface area contributed by atoms with Crippen LogP contribution in [-0.2, 0) is 6.42 Å². The number of nitrogens with zero attached hydrogens (tertiary/aromatic N) is 3. The molecule has 0 bridgehead atoms. The first kappa shape index (κ1) is 9.15. The lowest BCUT2D eigenvalue weighted by molar-refractivity contribution is 0.698. The molecule has 0 aromatic carbocycles. The van der Waals surface area contributed by atoms with Crippen molar-refractivity contribution < 1.29 is 0 Å². The van der Waals surface area contributed by atoms with Crippen LogP contribution in [0.1, 0.15) is 18.4 Å². The molecule has 4 nitrogen and oxygen atoms in total. The van der Waals surface area contributed by atoms with Crippen LogP contribution in [-0.4, -0.2) is 20.6 Å². The maximum Gasteiger partial charge on any atom is 0.155 e. The molecule has 14 heavy (non-hydrogen) atoms. The van der Waals surface area contributed by atoms with Crippen LogP contribution in [0.4, 0.5) is 0 Å². The molecule has 1 atom stereocenters. The minimum Gasteiger partial charge on any atom is -0.328 e. The number of nitrogens with two attached hydrogens (primary N) is 1. The SMILES string of the molecule is Cc1cccc2nc(CC(C)N)nn12. The number of fused-ring (bicyclic) bond motifs is 1. The van der Waals surface area contributed by atoms with Gasteiger partial charge in [0.05, 0.1) is 0 Å². The number of aryl methyl sites for hydroxylation is 1. The first-order valence-electron chi connectivity index (χ1n) is 4.73. The Hall–Kier alpha value is -1.42. The molecule has 0 spiro atoms. The molecule has 74 valence electrons. The van der Waals surface area contributed by atoms with Crippen LogP contribution in [0.5, 0.6) is 0 Å². The third kappa shape index (κ3) is 1.61. The van der Waals surface area contributed by atoms with Crippen molar-refractivity contribution in [3.05, 3.63) is 29.7 Å². The molecule has 0 amide bonds. The summed E-state index contributed by atoms with van der Waals surface area (Å²) >= 11 is 0. The second-order valence-electron chi connectivity index (χ2n) is 3.65. The van der Waals surface area contributed by atoms with Crippen LogP contribution in [0.15, 0.2) is 18.2 Å². The van der Waals surface area contributed by atoms with Crippen LogP contribution in [0.3, 0.4) is 0 Å². The van der Waals surface area contributed by atoms with E-state index in [9.17, 15) is 0 Å². The summed E-state index contributed by atoms with van der Waals surface area (Å²) in [5.41, 5.74) is 7.67. The van der Waals surface area contributed by atoms with E-state index in [2.05, 4.69) is 10.1 Å². The summed E-state index contributed by atoms with van der Waals surface area (Å²) in [6, 6.07) is 6.05. The van der Waals surface area contributed by atoms with Crippen LogP contribution in [0.25, 0.3) is 5.65 Å². The summed E-state index contributed by atoms with van der Waals surface area (Å²) < 4.78 is 1.84. The van der Waals surface area contributed by atoms with E-state index in [1.54, 1.807) is 0 Å². The fourth-order valence-corrected chi connectivity index (χ4v) is 1.45. The molecule has 2 rings (SSSR count). The van der Waals surface area contributed by atoms with Gasteiger partial charge in [0, 0.05) is 18.2 Å². The molecule has 2 heterocycles. The lowest BCUT2D eigenvalue weighted by Gasteiger charge is -1.97. The molecule has 4 heteroatoms. The highest BCUT2D eigenvalue weighted by molar-refractivity contribution is 5.38. The summed E-state index contributed by atoms with van der Waals surface area (Å²) in [5.74, 6) is 0.814. The van der Waals surface area contributed by atoms with Gasteiger partial charge in [-0.05, 0) is 26.0 Å². The highest BCUT2D eigenvalue weighted by atomic mass is 15.3. The minimum absolute atomic E-state index is 0.104. The number of hydrogen-bond donors (Lipinski definition) is 1. The molecular formula is C10H14N4. The molecule has 0 aliphatic carbocycles. The summed E-state index contributed by atoms with van der Waals surface area (Å²) in [4.78, 5) is 4.39. The van der Waals surface area contributed by atoms with Gasteiger partial charge in [-0.2, -0.15) is 5.10 Å². The van der Waals surface area contributed by atoms with Crippen molar-refractivity contribution in [1.29, 1.82) is 0 Å². The van der Waals surface area contributed by atoms with Crippen molar-refractivity contribution >= 4 is 5.65 Å². The minimum atomic E-state index is 0.104. The fraction of sp³-hybridized carbons (Fsp3) is 0.400. The molecule has 0 fully saturated rings. The lowest BCUT2D eigenvalue weighted by atomic mass is 10.2. The number of hydrogen-bond acceptors (Lipinski definition) is 3. The van der Waals surface area contributed by atoms with Gasteiger partial charge in [0.15, 0.2) is 11.5 Å². The van der Waals surface area contributed by atoms with Crippen molar-refractivity contribution in [3.63, 3.8) is 0 Å². The largest absolute Gasteiger partial charge is 0.328 e. The van der Waals surface area contributed by atoms with Gasteiger partial charge in [0.1, 0.15) is 0 Å². The monoisotopic (exact) mass is 190 g/mol. The van der Waals surface area contributed by atoms with E-state index in [1.165, 1.54) is 0 Å². The molecule has 2 aromatic heterocycles. The Morgan fingerprint density at radius 3 is 2.93 bits per heavy atom. The summed E-state index contributed by atoms with van der Waals surface area (Å²) in [7, 11) is 0. The van der Waals surface area contributed by atoms with Gasteiger partial charge in [-0.1, -0.05) is 6.07 Å². The lowest BCUT2D eigenvalue weighted by Crippen LogP contribution is -2.18. The van der Waals surface area contributed by atoms with E-state index in [4.69, 9.17) is 5.73 Å².